The Bertz CT molecular complexity index is 742. The molecule has 0 aromatic heterocycles. The van der Waals surface area contributed by atoms with E-state index in [2.05, 4.69) is 25.2 Å². The van der Waals surface area contributed by atoms with Gasteiger partial charge in [-0.15, -0.1) is 0 Å². The van der Waals surface area contributed by atoms with Crippen LogP contribution in [0, 0.1) is 0 Å². The Labute approximate surface area is 141 Å². The molecule has 1 amide bonds. The number of carbonyl (C=O) groups is 1. The molecule has 1 heterocycles. The second-order valence-corrected chi connectivity index (χ2v) is 6.04. The Morgan fingerprint density at radius 2 is 1.88 bits per heavy atom. The van der Waals surface area contributed by atoms with Crippen LogP contribution in [-0.2, 0) is 4.79 Å². The third-order valence-corrected chi connectivity index (χ3v) is 3.85. The standard InChI is InChI=1S/C19H21NO4/c1-12(2)14-5-4-6-16(9-14)24-13(3)19(21)20-15-7-8-17-18(10-15)23-11-22-17/h4-10,12-13H,11H2,1-3H3,(H,20,21). The van der Waals surface area contributed by atoms with E-state index in [0.717, 1.165) is 0 Å². The van der Waals surface area contributed by atoms with E-state index in [9.17, 15) is 4.79 Å². The molecule has 5 heteroatoms. The quantitative estimate of drug-likeness (QED) is 0.903. The largest absolute Gasteiger partial charge is 0.481 e. The molecule has 0 saturated heterocycles. The lowest BCUT2D eigenvalue weighted by molar-refractivity contribution is -0.122. The van der Waals surface area contributed by atoms with E-state index in [1.807, 2.05) is 18.2 Å². The minimum atomic E-state index is -0.613. The van der Waals surface area contributed by atoms with Crippen LogP contribution in [0.15, 0.2) is 42.5 Å². The summed E-state index contributed by atoms with van der Waals surface area (Å²) in [6, 6.07) is 13.1. The van der Waals surface area contributed by atoms with Gasteiger partial charge in [0.05, 0.1) is 0 Å². The second kappa shape index (κ2) is 6.83. The fraction of sp³-hybridized carbons (Fsp3) is 0.316. The summed E-state index contributed by atoms with van der Waals surface area (Å²) >= 11 is 0. The van der Waals surface area contributed by atoms with Gasteiger partial charge >= 0.3 is 0 Å². The molecule has 1 N–H and O–H groups in total. The number of fused-ring (bicyclic) bond motifs is 1. The van der Waals surface area contributed by atoms with Crippen LogP contribution in [0.25, 0.3) is 0 Å². The molecule has 5 nitrogen and oxygen atoms in total. The highest BCUT2D eigenvalue weighted by Gasteiger charge is 2.18. The Hall–Kier alpha value is -2.69. The molecule has 1 atom stereocenters. The van der Waals surface area contributed by atoms with Gasteiger partial charge in [-0.2, -0.15) is 0 Å². The van der Waals surface area contributed by atoms with Crippen LogP contribution in [-0.4, -0.2) is 18.8 Å². The number of hydrogen-bond acceptors (Lipinski definition) is 4. The van der Waals surface area contributed by atoms with Gasteiger partial charge in [0.1, 0.15) is 5.75 Å². The van der Waals surface area contributed by atoms with Crippen molar-refractivity contribution in [3.8, 4) is 17.2 Å². The van der Waals surface area contributed by atoms with Gasteiger partial charge < -0.3 is 19.5 Å². The summed E-state index contributed by atoms with van der Waals surface area (Å²) in [7, 11) is 0. The molecule has 0 saturated carbocycles. The van der Waals surface area contributed by atoms with Crippen molar-refractivity contribution in [1.82, 2.24) is 0 Å². The molecule has 24 heavy (non-hydrogen) atoms. The van der Waals surface area contributed by atoms with Crippen LogP contribution in [0.1, 0.15) is 32.3 Å². The average Bonchev–Trinajstić information content (AvgIpc) is 3.02. The minimum absolute atomic E-state index is 0.207. The van der Waals surface area contributed by atoms with Gasteiger partial charge in [0.15, 0.2) is 17.6 Å². The molecule has 1 aliphatic rings. The molecule has 1 unspecified atom stereocenters. The van der Waals surface area contributed by atoms with Gasteiger partial charge in [0.2, 0.25) is 6.79 Å². The first-order chi connectivity index (χ1) is 11.5. The zero-order valence-electron chi connectivity index (χ0n) is 14.0. The zero-order valence-corrected chi connectivity index (χ0v) is 14.0. The number of anilines is 1. The van der Waals surface area contributed by atoms with E-state index < -0.39 is 6.10 Å². The third-order valence-electron chi connectivity index (χ3n) is 3.85. The molecule has 1 aliphatic heterocycles. The molecule has 0 radical (unpaired) electrons. The number of rotatable bonds is 5. The van der Waals surface area contributed by atoms with Crippen LogP contribution < -0.4 is 19.5 Å². The molecule has 126 valence electrons. The van der Waals surface area contributed by atoms with Gasteiger partial charge in [-0.3, -0.25) is 4.79 Å². The predicted octanol–water partition coefficient (Wildman–Crippen LogP) is 3.94. The number of nitrogens with one attached hydrogen (secondary N) is 1. The van der Waals surface area contributed by atoms with E-state index in [4.69, 9.17) is 14.2 Å². The maximum absolute atomic E-state index is 12.3. The van der Waals surface area contributed by atoms with Crippen molar-refractivity contribution in [2.45, 2.75) is 32.8 Å². The normalized spacial score (nSPS) is 13.7. The van der Waals surface area contributed by atoms with E-state index in [1.54, 1.807) is 25.1 Å². The summed E-state index contributed by atoms with van der Waals surface area (Å²) in [6.07, 6.45) is -0.613. The van der Waals surface area contributed by atoms with Gasteiger partial charge in [0.25, 0.3) is 5.91 Å². The van der Waals surface area contributed by atoms with Crippen molar-refractivity contribution in [2.75, 3.05) is 12.1 Å². The Morgan fingerprint density at radius 3 is 2.67 bits per heavy atom. The molecule has 0 aliphatic carbocycles. The minimum Gasteiger partial charge on any atom is -0.481 e. The summed E-state index contributed by atoms with van der Waals surface area (Å²) in [5.74, 6) is 2.19. The fourth-order valence-electron chi connectivity index (χ4n) is 2.42. The highest BCUT2D eigenvalue weighted by atomic mass is 16.7. The van der Waals surface area contributed by atoms with Crippen LogP contribution >= 0.6 is 0 Å². The van der Waals surface area contributed by atoms with Gasteiger partial charge in [-0.1, -0.05) is 26.0 Å². The van der Waals surface area contributed by atoms with Crippen molar-refractivity contribution in [2.24, 2.45) is 0 Å². The van der Waals surface area contributed by atoms with Crippen LogP contribution in [0.5, 0.6) is 17.2 Å². The summed E-state index contributed by atoms with van der Waals surface area (Å²) in [4.78, 5) is 12.3. The summed E-state index contributed by atoms with van der Waals surface area (Å²) in [5, 5.41) is 2.83. The average molecular weight is 327 g/mol. The lowest BCUT2D eigenvalue weighted by atomic mass is 10.0. The molecular weight excluding hydrogens is 306 g/mol. The Morgan fingerprint density at radius 1 is 1.08 bits per heavy atom. The van der Waals surface area contributed by atoms with E-state index in [1.165, 1.54) is 5.56 Å². The summed E-state index contributed by atoms with van der Waals surface area (Å²) in [6.45, 7) is 6.17. The molecule has 2 aromatic carbocycles. The maximum Gasteiger partial charge on any atom is 0.265 e. The first kappa shape index (κ1) is 16.2. The van der Waals surface area contributed by atoms with E-state index in [0.29, 0.717) is 28.9 Å². The third kappa shape index (κ3) is 3.62. The molecular formula is C19H21NO4. The Balaban J connectivity index is 1.63. The monoisotopic (exact) mass is 327 g/mol. The van der Waals surface area contributed by atoms with Crippen molar-refractivity contribution >= 4 is 11.6 Å². The Kier molecular flexibility index (Phi) is 4.60. The summed E-state index contributed by atoms with van der Waals surface area (Å²) < 4.78 is 16.3. The highest BCUT2D eigenvalue weighted by molar-refractivity contribution is 5.94. The van der Waals surface area contributed by atoms with Crippen molar-refractivity contribution in [3.05, 3.63) is 48.0 Å². The van der Waals surface area contributed by atoms with Crippen molar-refractivity contribution in [3.63, 3.8) is 0 Å². The van der Waals surface area contributed by atoms with Gasteiger partial charge in [-0.05, 0) is 42.7 Å². The second-order valence-electron chi connectivity index (χ2n) is 6.04. The lowest BCUT2D eigenvalue weighted by Gasteiger charge is -2.16. The van der Waals surface area contributed by atoms with E-state index >= 15 is 0 Å². The molecule has 0 bridgehead atoms. The van der Waals surface area contributed by atoms with Crippen molar-refractivity contribution in [1.29, 1.82) is 0 Å². The SMILES string of the molecule is CC(Oc1cccc(C(C)C)c1)C(=O)Nc1ccc2c(c1)OCO2. The number of carbonyl (C=O) groups excluding carboxylic acids is 1. The van der Waals surface area contributed by atoms with Crippen LogP contribution in [0.2, 0.25) is 0 Å². The van der Waals surface area contributed by atoms with Gasteiger partial charge in [0, 0.05) is 11.8 Å². The smallest absolute Gasteiger partial charge is 0.265 e. The predicted molar refractivity (Wildman–Crippen MR) is 91.8 cm³/mol. The van der Waals surface area contributed by atoms with Crippen LogP contribution in [0.3, 0.4) is 0 Å². The number of hydrogen-bond donors (Lipinski definition) is 1. The van der Waals surface area contributed by atoms with E-state index in [-0.39, 0.29) is 12.7 Å². The summed E-state index contributed by atoms with van der Waals surface area (Å²) in [5.41, 5.74) is 1.83. The zero-order chi connectivity index (χ0) is 17.1. The molecule has 0 spiro atoms. The lowest BCUT2D eigenvalue weighted by Crippen LogP contribution is -2.30. The first-order valence-electron chi connectivity index (χ1n) is 8.00. The first-order valence-corrected chi connectivity index (χ1v) is 8.00. The number of ether oxygens (including phenoxy) is 3. The molecule has 2 aromatic rings. The topological polar surface area (TPSA) is 56.8 Å². The van der Waals surface area contributed by atoms with Crippen molar-refractivity contribution < 1.29 is 19.0 Å². The number of amides is 1. The maximum atomic E-state index is 12.3. The number of benzene rings is 2. The van der Waals surface area contributed by atoms with Gasteiger partial charge in [-0.25, -0.2) is 0 Å². The van der Waals surface area contributed by atoms with Crippen LogP contribution in [0.4, 0.5) is 5.69 Å². The fourth-order valence-corrected chi connectivity index (χ4v) is 2.42. The highest BCUT2D eigenvalue weighted by Crippen LogP contribution is 2.34. The molecule has 0 fully saturated rings. The molecule has 3 rings (SSSR count).